The fourth-order valence-corrected chi connectivity index (χ4v) is 1.42. The fourth-order valence-electron chi connectivity index (χ4n) is 1.42. The first kappa shape index (κ1) is 11.2. The minimum Gasteiger partial charge on any atom is -0.469 e. The lowest BCUT2D eigenvalue weighted by molar-refractivity contribution is 0.0949. The summed E-state index contributed by atoms with van der Waals surface area (Å²) < 4.78 is 5.15. The molecule has 5 heteroatoms. The summed E-state index contributed by atoms with van der Waals surface area (Å²) in [6.07, 6.45) is 2.26. The van der Waals surface area contributed by atoms with E-state index in [2.05, 4.69) is 10.3 Å². The zero-order chi connectivity index (χ0) is 12.1. The van der Waals surface area contributed by atoms with Crippen molar-refractivity contribution in [3.63, 3.8) is 0 Å². The maximum atomic E-state index is 11.7. The summed E-state index contributed by atoms with van der Waals surface area (Å²) in [6, 6.07) is 8.64. The molecule has 2 heterocycles. The molecule has 0 fully saturated rings. The normalized spacial score (nSPS) is 10.1. The molecule has 0 saturated heterocycles. The molecule has 0 saturated carbocycles. The van der Waals surface area contributed by atoms with Gasteiger partial charge in [-0.1, -0.05) is 6.07 Å². The Hall–Kier alpha value is -2.30. The van der Waals surface area contributed by atoms with E-state index in [-0.39, 0.29) is 5.91 Å². The number of hydrogen-bond donors (Lipinski definition) is 2. The number of carbonyl (C=O) groups excluding carboxylic acids is 1. The number of aromatic nitrogens is 1. The first-order valence-corrected chi connectivity index (χ1v) is 5.29. The van der Waals surface area contributed by atoms with Gasteiger partial charge in [0.2, 0.25) is 0 Å². The van der Waals surface area contributed by atoms with Crippen LogP contribution in [0.25, 0.3) is 0 Å². The Bertz CT molecular complexity index is 494. The van der Waals surface area contributed by atoms with E-state index in [0.717, 1.165) is 5.76 Å². The summed E-state index contributed by atoms with van der Waals surface area (Å²) >= 11 is 0. The van der Waals surface area contributed by atoms with E-state index in [0.29, 0.717) is 24.5 Å². The molecule has 2 rings (SSSR count). The second-order valence-electron chi connectivity index (χ2n) is 3.53. The number of nitrogens with zero attached hydrogens (tertiary/aromatic N) is 1. The van der Waals surface area contributed by atoms with Crippen LogP contribution in [0.2, 0.25) is 0 Å². The molecule has 0 aliphatic heterocycles. The van der Waals surface area contributed by atoms with Gasteiger partial charge in [-0.05, 0) is 24.3 Å². The van der Waals surface area contributed by atoms with E-state index in [1.807, 2.05) is 12.1 Å². The van der Waals surface area contributed by atoms with Crippen LogP contribution in [0.5, 0.6) is 0 Å². The molecule has 0 spiro atoms. The van der Waals surface area contributed by atoms with Gasteiger partial charge in [-0.15, -0.1) is 0 Å². The number of furan rings is 1. The molecule has 2 aromatic heterocycles. The monoisotopic (exact) mass is 231 g/mol. The minimum absolute atomic E-state index is 0.233. The lowest BCUT2D eigenvalue weighted by atomic mass is 10.3. The number of amides is 1. The van der Waals surface area contributed by atoms with Gasteiger partial charge in [0.1, 0.15) is 17.3 Å². The Morgan fingerprint density at radius 3 is 2.94 bits per heavy atom. The topological polar surface area (TPSA) is 81.2 Å². The largest absolute Gasteiger partial charge is 0.469 e. The van der Waals surface area contributed by atoms with Crippen LogP contribution in [-0.4, -0.2) is 17.4 Å². The first-order chi connectivity index (χ1) is 8.25. The average molecular weight is 231 g/mol. The van der Waals surface area contributed by atoms with Crippen LogP contribution >= 0.6 is 0 Å². The average Bonchev–Trinajstić information content (AvgIpc) is 2.82. The zero-order valence-corrected chi connectivity index (χ0v) is 9.22. The molecule has 1 amide bonds. The van der Waals surface area contributed by atoms with Gasteiger partial charge in [0.15, 0.2) is 0 Å². The van der Waals surface area contributed by atoms with Gasteiger partial charge >= 0.3 is 0 Å². The number of anilines is 1. The van der Waals surface area contributed by atoms with Crippen molar-refractivity contribution in [2.45, 2.75) is 6.42 Å². The number of rotatable bonds is 4. The van der Waals surface area contributed by atoms with Crippen LogP contribution in [0.4, 0.5) is 5.82 Å². The van der Waals surface area contributed by atoms with Crippen LogP contribution < -0.4 is 11.1 Å². The van der Waals surface area contributed by atoms with Crippen molar-refractivity contribution >= 4 is 11.7 Å². The molecule has 0 aliphatic carbocycles. The Labute approximate surface area is 98.6 Å². The van der Waals surface area contributed by atoms with Gasteiger partial charge in [0, 0.05) is 13.0 Å². The maximum absolute atomic E-state index is 11.7. The van der Waals surface area contributed by atoms with E-state index in [1.165, 1.54) is 0 Å². The first-order valence-electron chi connectivity index (χ1n) is 5.29. The predicted molar refractivity (Wildman–Crippen MR) is 63.4 cm³/mol. The van der Waals surface area contributed by atoms with E-state index in [4.69, 9.17) is 10.2 Å². The van der Waals surface area contributed by atoms with Crippen molar-refractivity contribution < 1.29 is 9.21 Å². The highest BCUT2D eigenvalue weighted by Crippen LogP contribution is 2.02. The van der Waals surface area contributed by atoms with Gasteiger partial charge in [0.25, 0.3) is 5.91 Å². The fraction of sp³-hybridized carbons (Fsp3) is 0.167. The summed E-state index contributed by atoms with van der Waals surface area (Å²) in [5.74, 6) is 0.943. The Kier molecular flexibility index (Phi) is 3.40. The van der Waals surface area contributed by atoms with Crippen LogP contribution in [0.15, 0.2) is 41.0 Å². The Morgan fingerprint density at radius 1 is 1.35 bits per heavy atom. The SMILES string of the molecule is Nc1cccc(C(=O)NCCc2ccco2)n1. The highest BCUT2D eigenvalue weighted by Gasteiger charge is 2.06. The predicted octanol–water partition coefficient (Wildman–Crippen LogP) is 1.23. The maximum Gasteiger partial charge on any atom is 0.269 e. The molecule has 17 heavy (non-hydrogen) atoms. The van der Waals surface area contributed by atoms with Crippen LogP contribution in [0.1, 0.15) is 16.2 Å². The lowest BCUT2D eigenvalue weighted by Gasteiger charge is -2.03. The summed E-state index contributed by atoms with van der Waals surface area (Å²) in [7, 11) is 0. The number of hydrogen-bond acceptors (Lipinski definition) is 4. The summed E-state index contributed by atoms with van der Waals surface area (Å²) in [5, 5.41) is 2.75. The van der Waals surface area contributed by atoms with E-state index in [1.54, 1.807) is 24.5 Å². The molecule has 88 valence electrons. The zero-order valence-electron chi connectivity index (χ0n) is 9.22. The highest BCUT2D eigenvalue weighted by molar-refractivity contribution is 5.92. The molecule has 0 unspecified atom stereocenters. The van der Waals surface area contributed by atoms with Crippen LogP contribution in [-0.2, 0) is 6.42 Å². The second-order valence-corrected chi connectivity index (χ2v) is 3.53. The molecule has 5 nitrogen and oxygen atoms in total. The van der Waals surface area contributed by atoms with Crippen molar-refractivity contribution in [1.82, 2.24) is 10.3 Å². The summed E-state index contributed by atoms with van der Waals surface area (Å²) in [4.78, 5) is 15.6. The third kappa shape index (κ3) is 3.07. The van der Waals surface area contributed by atoms with Gasteiger partial charge in [-0.2, -0.15) is 0 Å². The van der Waals surface area contributed by atoms with E-state index >= 15 is 0 Å². The lowest BCUT2D eigenvalue weighted by Crippen LogP contribution is -2.26. The Morgan fingerprint density at radius 2 is 2.24 bits per heavy atom. The molecule has 0 radical (unpaired) electrons. The van der Waals surface area contributed by atoms with Gasteiger partial charge in [-0.3, -0.25) is 4.79 Å². The van der Waals surface area contributed by atoms with Crippen LogP contribution in [0, 0.1) is 0 Å². The third-order valence-electron chi connectivity index (χ3n) is 2.24. The molecule has 0 aliphatic rings. The number of nitrogens with two attached hydrogens (primary N) is 1. The molecule has 0 atom stereocenters. The van der Waals surface area contributed by atoms with Crippen molar-refractivity contribution in [2.75, 3.05) is 12.3 Å². The molecule has 0 bridgehead atoms. The Balaban J connectivity index is 1.85. The van der Waals surface area contributed by atoms with Crippen molar-refractivity contribution in [2.24, 2.45) is 0 Å². The quantitative estimate of drug-likeness (QED) is 0.829. The van der Waals surface area contributed by atoms with Crippen molar-refractivity contribution in [3.05, 3.63) is 48.0 Å². The molecular weight excluding hydrogens is 218 g/mol. The summed E-state index contributed by atoms with van der Waals surface area (Å²) in [6.45, 7) is 0.503. The van der Waals surface area contributed by atoms with Crippen LogP contribution in [0.3, 0.4) is 0 Å². The van der Waals surface area contributed by atoms with Crippen molar-refractivity contribution in [1.29, 1.82) is 0 Å². The van der Waals surface area contributed by atoms with E-state index in [9.17, 15) is 4.79 Å². The molecule has 2 aromatic rings. The molecule has 0 aromatic carbocycles. The van der Waals surface area contributed by atoms with Gasteiger partial charge < -0.3 is 15.5 Å². The minimum atomic E-state index is -0.233. The second kappa shape index (κ2) is 5.16. The van der Waals surface area contributed by atoms with Gasteiger partial charge in [0.05, 0.1) is 6.26 Å². The number of nitrogen functional groups attached to an aromatic ring is 1. The van der Waals surface area contributed by atoms with Crippen molar-refractivity contribution in [3.8, 4) is 0 Å². The molecular formula is C12H13N3O2. The standard InChI is InChI=1S/C12H13N3O2/c13-11-5-1-4-10(15-11)12(16)14-7-6-9-3-2-8-17-9/h1-5,8H,6-7H2,(H2,13,15)(H,14,16). The summed E-state index contributed by atoms with van der Waals surface area (Å²) in [5.41, 5.74) is 5.82. The number of carbonyl (C=O) groups is 1. The van der Waals surface area contributed by atoms with E-state index < -0.39 is 0 Å². The molecule has 3 N–H and O–H groups in total. The third-order valence-corrected chi connectivity index (χ3v) is 2.24. The number of nitrogens with one attached hydrogen (secondary N) is 1. The smallest absolute Gasteiger partial charge is 0.269 e. The van der Waals surface area contributed by atoms with Gasteiger partial charge in [-0.25, -0.2) is 4.98 Å². The highest BCUT2D eigenvalue weighted by atomic mass is 16.3. The number of pyridine rings is 1.